The zero-order chi connectivity index (χ0) is 21.9. The first-order chi connectivity index (χ1) is 14.1. The molecule has 3 rings (SSSR count). The SMILES string of the molecule is C[n+]1c(-c2ccccc2)csc1C=CC=Cc1nc(C(Cl)(Cl)Cl)nc(C(Cl)(Cl)Cl)n1. The average molecular weight is 542 g/mol. The molecule has 2 heterocycles. The second-order valence-corrected chi connectivity index (χ2v) is 11.4. The van der Waals surface area contributed by atoms with E-state index in [2.05, 4.69) is 37.0 Å². The number of hydrogen-bond donors (Lipinski definition) is 0. The van der Waals surface area contributed by atoms with Crippen LogP contribution in [0.4, 0.5) is 0 Å². The highest BCUT2D eigenvalue weighted by Gasteiger charge is 2.33. The maximum atomic E-state index is 5.87. The number of allylic oxidation sites excluding steroid dienone is 2. The maximum absolute atomic E-state index is 5.87. The van der Waals surface area contributed by atoms with Crippen molar-refractivity contribution < 1.29 is 4.57 Å². The molecule has 0 atom stereocenters. The third-order valence-electron chi connectivity index (χ3n) is 3.81. The van der Waals surface area contributed by atoms with Gasteiger partial charge in [0.05, 0.1) is 5.38 Å². The average Bonchev–Trinajstić information content (AvgIpc) is 3.05. The molecule has 0 bridgehead atoms. The van der Waals surface area contributed by atoms with E-state index in [9.17, 15) is 0 Å². The van der Waals surface area contributed by atoms with Crippen molar-refractivity contribution in [2.45, 2.75) is 7.59 Å². The van der Waals surface area contributed by atoms with Gasteiger partial charge in [0.1, 0.15) is 7.05 Å². The summed E-state index contributed by atoms with van der Waals surface area (Å²) in [6.07, 6.45) is 7.14. The molecule has 0 amide bonds. The van der Waals surface area contributed by atoms with Gasteiger partial charge in [-0.3, -0.25) is 0 Å². The molecule has 3 aromatic rings. The van der Waals surface area contributed by atoms with Gasteiger partial charge < -0.3 is 0 Å². The Morgan fingerprint density at radius 1 is 0.833 bits per heavy atom. The summed E-state index contributed by atoms with van der Waals surface area (Å²) in [5.74, 6) is -0.0768. The fraction of sp³-hybridized carbons (Fsp3) is 0.158. The van der Waals surface area contributed by atoms with Crippen molar-refractivity contribution in [2.24, 2.45) is 7.05 Å². The van der Waals surface area contributed by atoms with E-state index in [1.165, 1.54) is 0 Å². The van der Waals surface area contributed by atoms with Gasteiger partial charge in [-0.15, -0.1) is 0 Å². The van der Waals surface area contributed by atoms with Gasteiger partial charge in [0, 0.05) is 11.6 Å². The number of aromatic nitrogens is 4. The Bertz CT molecular complexity index is 1050. The Kier molecular flexibility index (Phi) is 7.67. The molecule has 2 aromatic heterocycles. The topological polar surface area (TPSA) is 42.5 Å². The van der Waals surface area contributed by atoms with Gasteiger partial charge in [0.2, 0.25) is 13.3 Å². The second-order valence-electron chi connectivity index (χ2n) is 5.94. The summed E-state index contributed by atoms with van der Waals surface area (Å²) >= 11 is 36.9. The predicted octanol–water partition coefficient (Wildman–Crippen LogP) is 6.80. The third kappa shape index (κ3) is 6.07. The van der Waals surface area contributed by atoms with Crippen LogP contribution in [-0.2, 0) is 14.6 Å². The number of halogens is 6. The summed E-state index contributed by atoms with van der Waals surface area (Å²) in [7, 11) is 2.01. The Labute approximate surface area is 207 Å². The van der Waals surface area contributed by atoms with E-state index >= 15 is 0 Å². The number of rotatable bonds is 4. The highest BCUT2D eigenvalue weighted by Crippen LogP contribution is 2.39. The quantitative estimate of drug-likeness (QED) is 0.207. The molecule has 1 aromatic carbocycles. The van der Waals surface area contributed by atoms with Crippen molar-refractivity contribution in [3.8, 4) is 11.3 Å². The lowest BCUT2D eigenvalue weighted by Crippen LogP contribution is -2.30. The zero-order valence-electron chi connectivity index (χ0n) is 15.2. The molecular weight excluding hydrogens is 529 g/mol. The van der Waals surface area contributed by atoms with Gasteiger partial charge in [0.25, 0.3) is 5.01 Å². The Morgan fingerprint density at radius 3 is 1.97 bits per heavy atom. The van der Waals surface area contributed by atoms with Crippen molar-refractivity contribution in [3.63, 3.8) is 0 Å². The largest absolute Gasteiger partial charge is 0.261 e. The van der Waals surface area contributed by atoms with Crippen LogP contribution >= 0.6 is 80.9 Å². The summed E-state index contributed by atoms with van der Waals surface area (Å²) in [6, 6.07) is 10.2. The smallest absolute Gasteiger partial charge is 0.209 e. The molecule has 0 aliphatic heterocycles. The van der Waals surface area contributed by atoms with Crippen LogP contribution in [0.25, 0.3) is 23.4 Å². The van der Waals surface area contributed by atoms with Crippen LogP contribution in [0.1, 0.15) is 22.5 Å². The summed E-state index contributed by atoms with van der Waals surface area (Å²) in [6.45, 7) is 0. The van der Waals surface area contributed by atoms with E-state index in [0.717, 1.165) is 16.3 Å². The molecule has 0 N–H and O–H groups in total. The first-order valence-corrected chi connectivity index (χ1v) is 11.5. The standard InChI is InChI=1S/C19H13Cl6N4S/c1-29-13(12-7-3-2-4-8-12)11-30-15(29)10-6-5-9-14-26-16(18(20,21)22)28-17(27-14)19(23,24)25/h2-11H,1H3/q+1. The van der Waals surface area contributed by atoms with Crippen molar-refractivity contribution >= 4 is 93.1 Å². The predicted molar refractivity (Wildman–Crippen MR) is 127 cm³/mol. The fourth-order valence-corrected chi connectivity index (χ4v) is 3.86. The highest BCUT2D eigenvalue weighted by atomic mass is 35.6. The zero-order valence-corrected chi connectivity index (χ0v) is 20.6. The lowest BCUT2D eigenvalue weighted by Gasteiger charge is -2.14. The van der Waals surface area contributed by atoms with Gasteiger partial charge >= 0.3 is 0 Å². The maximum Gasteiger partial charge on any atom is 0.261 e. The van der Waals surface area contributed by atoms with Gasteiger partial charge in [-0.2, -0.15) is 4.57 Å². The number of hydrogen-bond acceptors (Lipinski definition) is 4. The minimum absolute atomic E-state index is 0.135. The fourth-order valence-electron chi connectivity index (χ4n) is 2.41. The highest BCUT2D eigenvalue weighted by molar-refractivity contribution is 7.10. The van der Waals surface area contributed by atoms with Crippen molar-refractivity contribution in [3.05, 3.63) is 70.3 Å². The molecule has 0 saturated heterocycles. The van der Waals surface area contributed by atoms with E-state index in [1.54, 1.807) is 23.5 Å². The van der Waals surface area contributed by atoms with Crippen LogP contribution in [0.2, 0.25) is 0 Å². The molecule has 0 aliphatic carbocycles. The second kappa shape index (κ2) is 9.70. The molecule has 0 fully saturated rings. The normalized spacial score (nSPS) is 12.9. The number of alkyl halides is 6. The first-order valence-electron chi connectivity index (χ1n) is 8.34. The van der Waals surface area contributed by atoms with Crippen molar-refractivity contribution in [2.75, 3.05) is 0 Å². The van der Waals surface area contributed by atoms with Crippen LogP contribution in [0.3, 0.4) is 0 Å². The van der Waals surface area contributed by atoms with Crippen molar-refractivity contribution in [1.82, 2.24) is 15.0 Å². The van der Waals surface area contributed by atoms with Gasteiger partial charge in [0.15, 0.2) is 17.5 Å². The van der Waals surface area contributed by atoms with Crippen LogP contribution in [0.5, 0.6) is 0 Å². The Hall–Kier alpha value is -0.920. The lowest BCUT2D eigenvalue weighted by molar-refractivity contribution is -0.657. The molecule has 0 unspecified atom stereocenters. The van der Waals surface area contributed by atoms with Crippen molar-refractivity contribution in [1.29, 1.82) is 0 Å². The Balaban J connectivity index is 1.83. The van der Waals surface area contributed by atoms with Gasteiger partial charge in [-0.1, -0.05) is 111 Å². The molecule has 11 heteroatoms. The minimum atomic E-state index is -1.88. The molecular formula is C19H13Cl6N4S+. The monoisotopic (exact) mass is 539 g/mol. The van der Waals surface area contributed by atoms with E-state index in [-0.39, 0.29) is 17.5 Å². The van der Waals surface area contributed by atoms with Gasteiger partial charge in [-0.05, 0) is 18.2 Å². The van der Waals surface area contributed by atoms with Crippen LogP contribution in [-0.4, -0.2) is 15.0 Å². The molecule has 156 valence electrons. The minimum Gasteiger partial charge on any atom is -0.209 e. The van der Waals surface area contributed by atoms with E-state index in [0.29, 0.717) is 0 Å². The third-order valence-corrected chi connectivity index (χ3v) is 5.81. The molecule has 0 spiro atoms. The van der Waals surface area contributed by atoms with Crippen LogP contribution < -0.4 is 4.57 Å². The van der Waals surface area contributed by atoms with Crippen LogP contribution in [0.15, 0.2) is 47.9 Å². The molecule has 0 aliphatic rings. The van der Waals surface area contributed by atoms with E-state index < -0.39 is 7.59 Å². The molecule has 4 nitrogen and oxygen atoms in total. The number of nitrogens with zero attached hydrogens (tertiary/aromatic N) is 4. The lowest BCUT2D eigenvalue weighted by atomic mass is 10.2. The summed E-state index contributed by atoms with van der Waals surface area (Å²) in [5, 5.41) is 3.16. The summed E-state index contributed by atoms with van der Waals surface area (Å²) in [5.41, 5.74) is 2.27. The summed E-state index contributed by atoms with van der Waals surface area (Å²) in [4.78, 5) is 12.1. The van der Waals surface area contributed by atoms with Gasteiger partial charge in [-0.25, -0.2) is 15.0 Å². The molecule has 0 saturated carbocycles. The first kappa shape index (κ1) is 23.7. The Morgan fingerprint density at radius 2 is 1.40 bits per heavy atom. The number of thiazole rings is 1. The molecule has 30 heavy (non-hydrogen) atoms. The van der Waals surface area contributed by atoms with E-state index in [4.69, 9.17) is 69.6 Å². The number of benzene rings is 1. The van der Waals surface area contributed by atoms with Crippen LogP contribution in [0, 0.1) is 0 Å². The summed E-state index contributed by atoms with van der Waals surface area (Å²) < 4.78 is -1.66. The molecule has 0 radical (unpaired) electrons. The van der Waals surface area contributed by atoms with E-state index in [1.807, 2.05) is 37.4 Å².